The van der Waals surface area contributed by atoms with Crippen molar-refractivity contribution in [2.75, 3.05) is 39.3 Å². The Kier molecular flexibility index (Phi) is 7.72. The lowest BCUT2D eigenvalue weighted by Crippen LogP contribution is -2.50. The summed E-state index contributed by atoms with van der Waals surface area (Å²) >= 11 is 0. The molecule has 1 N–H and O–H groups in total. The van der Waals surface area contributed by atoms with Crippen molar-refractivity contribution in [3.63, 3.8) is 0 Å². The Hall–Kier alpha value is -1.10. The highest BCUT2D eigenvalue weighted by atomic mass is 16.2. The van der Waals surface area contributed by atoms with Gasteiger partial charge in [0, 0.05) is 45.1 Å². The number of hydrogen-bond acceptors (Lipinski definition) is 3. The van der Waals surface area contributed by atoms with Gasteiger partial charge in [-0.05, 0) is 18.9 Å². The van der Waals surface area contributed by atoms with Crippen molar-refractivity contribution in [1.82, 2.24) is 15.1 Å². The Morgan fingerprint density at radius 3 is 2.19 bits per heavy atom. The monoisotopic (exact) mass is 297 g/mol. The largest absolute Gasteiger partial charge is 0.356 e. The normalized spacial score (nSPS) is 16.6. The maximum absolute atomic E-state index is 11.9. The van der Waals surface area contributed by atoms with E-state index in [1.54, 1.807) is 0 Å². The number of nitrogens with one attached hydrogen (secondary N) is 1. The first kappa shape index (κ1) is 18.0. The fourth-order valence-corrected chi connectivity index (χ4v) is 2.53. The lowest BCUT2D eigenvalue weighted by Gasteiger charge is -2.35. The minimum atomic E-state index is 0.0905. The van der Waals surface area contributed by atoms with Gasteiger partial charge in [0.2, 0.25) is 11.8 Å². The minimum Gasteiger partial charge on any atom is -0.356 e. The third-order valence-corrected chi connectivity index (χ3v) is 3.74. The molecule has 0 aliphatic carbocycles. The van der Waals surface area contributed by atoms with Gasteiger partial charge in [0.05, 0.1) is 0 Å². The molecule has 0 aromatic heterocycles. The van der Waals surface area contributed by atoms with E-state index in [4.69, 9.17) is 0 Å². The molecule has 1 aliphatic rings. The second kappa shape index (κ2) is 9.03. The minimum absolute atomic E-state index is 0.0905. The second-order valence-corrected chi connectivity index (χ2v) is 6.62. The molecule has 1 rings (SSSR count). The summed E-state index contributed by atoms with van der Waals surface area (Å²) in [5.41, 5.74) is 0. The van der Waals surface area contributed by atoms with Crippen molar-refractivity contribution in [3.05, 3.63) is 0 Å². The van der Waals surface area contributed by atoms with Gasteiger partial charge < -0.3 is 10.2 Å². The number of hydrogen-bond donors (Lipinski definition) is 1. The van der Waals surface area contributed by atoms with Gasteiger partial charge in [0.25, 0.3) is 0 Å². The predicted molar refractivity (Wildman–Crippen MR) is 84.9 cm³/mol. The van der Waals surface area contributed by atoms with Crippen LogP contribution in [0, 0.1) is 11.8 Å². The third-order valence-electron chi connectivity index (χ3n) is 3.74. The topological polar surface area (TPSA) is 52.7 Å². The van der Waals surface area contributed by atoms with Crippen LogP contribution in [0.2, 0.25) is 0 Å². The number of carbonyl (C=O) groups is 2. The standard InChI is InChI=1S/C16H31N3O2/c1-13(2)12-15(20)17-6-5-7-18-8-10-19(11-9-18)16(21)14(3)4/h13-14H,5-12H2,1-4H3,(H,17,20). The Balaban J connectivity index is 2.11. The maximum Gasteiger partial charge on any atom is 0.225 e. The second-order valence-electron chi connectivity index (χ2n) is 6.62. The number of carbonyl (C=O) groups excluding carboxylic acids is 2. The fraction of sp³-hybridized carbons (Fsp3) is 0.875. The molecule has 0 radical (unpaired) electrons. The van der Waals surface area contributed by atoms with Gasteiger partial charge in [0.1, 0.15) is 0 Å². The molecule has 1 heterocycles. The van der Waals surface area contributed by atoms with Gasteiger partial charge in [-0.25, -0.2) is 0 Å². The van der Waals surface area contributed by atoms with Crippen molar-refractivity contribution in [3.8, 4) is 0 Å². The van der Waals surface area contributed by atoms with E-state index in [1.165, 1.54) is 0 Å². The van der Waals surface area contributed by atoms with Crippen LogP contribution in [0.4, 0.5) is 0 Å². The molecule has 0 saturated carbocycles. The lowest BCUT2D eigenvalue weighted by molar-refractivity contribution is -0.136. The van der Waals surface area contributed by atoms with Gasteiger partial charge in [-0.2, -0.15) is 0 Å². The Morgan fingerprint density at radius 1 is 1.05 bits per heavy atom. The van der Waals surface area contributed by atoms with Gasteiger partial charge in [0.15, 0.2) is 0 Å². The summed E-state index contributed by atoms with van der Waals surface area (Å²) in [5.74, 6) is 0.914. The Bertz CT molecular complexity index is 334. The van der Waals surface area contributed by atoms with Crippen LogP contribution < -0.4 is 5.32 Å². The zero-order chi connectivity index (χ0) is 15.8. The summed E-state index contributed by atoms with van der Waals surface area (Å²) in [6.45, 7) is 13.3. The molecule has 0 aromatic rings. The third kappa shape index (κ3) is 6.93. The maximum atomic E-state index is 11.9. The summed E-state index contributed by atoms with van der Waals surface area (Å²) in [6.07, 6.45) is 1.58. The molecule has 0 aromatic carbocycles. The van der Waals surface area contributed by atoms with E-state index in [0.29, 0.717) is 12.3 Å². The van der Waals surface area contributed by atoms with Crippen LogP contribution in [0.25, 0.3) is 0 Å². The van der Waals surface area contributed by atoms with Crippen molar-refractivity contribution in [2.45, 2.75) is 40.5 Å². The van der Waals surface area contributed by atoms with Crippen molar-refractivity contribution in [2.24, 2.45) is 11.8 Å². The molecule has 5 heteroatoms. The highest BCUT2D eigenvalue weighted by Crippen LogP contribution is 2.07. The molecule has 1 saturated heterocycles. The van der Waals surface area contributed by atoms with E-state index in [0.717, 1.165) is 45.7 Å². The van der Waals surface area contributed by atoms with E-state index in [2.05, 4.69) is 24.1 Å². The number of amides is 2. The van der Waals surface area contributed by atoms with Gasteiger partial charge >= 0.3 is 0 Å². The number of rotatable bonds is 7. The molecule has 0 bridgehead atoms. The molecule has 122 valence electrons. The van der Waals surface area contributed by atoms with E-state index >= 15 is 0 Å². The van der Waals surface area contributed by atoms with Crippen molar-refractivity contribution >= 4 is 11.8 Å². The Labute approximate surface area is 129 Å². The van der Waals surface area contributed by atoms with Gasteiger partial charge in [-0.1, -0.05) is 27.7 Å². The molecule has 1 fully saturated rings. The average Bonchev–Trinajstić information content (AvgIpc) is 2.42. The van der Waals surface area contributed by atoms with Crippen LogP contribution in [0.1, 0.15) is 40.5 Å². The quantitative estimate of drug-likeness (QED) is 0.722. The van der Waals surface area contributed by atoms with E-state index in [9.17, 15) is 9.59 Å². The van der Waals surface area contributed by atoms with E-state index < -0.39 is 0 Å². The zero-order valence-electron chi connectivity index (χ0n) is 14.0. The van der Waals surface area contributed by atoms with E-state index in [1.807, 2.05) is 18.7 Å². The molecule has 5 nitrogen and oxygen atoms in total. The molecule has 0 unspecified atom stereocenters. The van der Waals surface area contributed by atoms with Crippen LogP contribution >= 0.6 is 0 Å². The molecule has 0 spiro atoms. The Morgan fingerprint density at radius 2 is 1.67 bits per heavy atom. The molecule has 2 amide bonds. The average molecular weight is 297 g/mol. The zero-order valence-corrected chi connectivity index (χ0v) is 14.0. The molecule has 1 aliphatic heterocycles. The van der Waals surface area contributed by atoms with Crippen molar-refractivity contribution < 1.29 is 9.59 Å². The highest BCUT2D eigenvalue weighted by Gasteiger charge is 2.22. The predicted octanol–water partition coefficient (Wildman–Crippen LogP) is 1.34. The SMILES string of the molecule is CC(C)CC(=O)NCCCN1CCN(C(=O)C(C)C)CC1. The summed E-state index contributed by atoms with van der Waals surface area (Å²) in [4.78, 5) is 27.7. The smallest absolute Gasteiger partial charge is 0.225 e. The molecular formula is C16H31N3O2. The summed E-state index contributed by atoms with van der Waals surface area (Å²) in [6, 6.07) is 0. The van der Waals surface area contributed by atoms with Crippen LogP contribution in [0.5, 0.6) is 0 Å². The first-order chi connectivity index (χ1) is 9.90. The fourth-order valence-electron chi connectivity index (χ4n) is 2.53. The first-order valence-electron chi connectivity index (χ1n) is 8.18. The summed E-state index contributed by atoms with van der Waals surface area (Å²) < 4.78 is 0. The summed E-state index contributed by atoms with van der Waals surface area (Å²) in [7, 11) is 0. The summed E-state index contributed by atoms with van der Waals surface area (Å²) in [5, 5.41) is 2.97. The van der Waals surface area contributed by atoms with Crippen LogP contribution in [0.15, 0.2) is 0 Å². The van der Waals surface area contributed by atoms with Crippen LogP contribution in [-0.4, -0.2) is 60.9 Å². The van der Waals surface area contributed by atoms with Crippen LogP contribution in [0.3, 0.4) is 0 Å². The lowest BCUT2D eigenvalue weighted by atomic mass is 10.1. The van der Waals surface area contributed by atoms with Crippen molar-refractivity contribution in [1.29, 1.82) is 0 Å². The van der Waals surface area contributed by atoms with E-state index in [-0.39, 0.29) is 17.7 Å². The molecule has 21 heavy (non-hydrogen) atoms. The highest BCUT2D eigenvalue weighted by molar-refractivity contribution is 5.78. The molecular weight excluding hydrogens is 266 g/mol. The van der Waals surface area contributed by atoms with Gasteiger partial charge in [-0.3, -0.25) is 14.5 Å². The number of nitrogens with zero attached hydrogens (tertiary/aromatic N) is 2. The number of piperazine rings is 1. The van der Waals surface area contributed by atoms with Gasteiger partial charge in [-0.15, -0.1) is 0 Å². The molecule has 0 atom stereocenters. The van der Waals surface area contributed by atoms with Crippen LogP contribution in [-0.2, 0) is 9.59 Å². The first-order valence-corrected chi connectivity index (χ1v) is 8.18.